The van der Waals surface area contributed by atoms with Gasteiger partial charge in [-0.1, -0.05) is 24.3 Å². The van der Waals surface area contributed by atoms with E-state index in [0.717, 1.165) is 19.1 Å². The largest absolute Gasteiger partial charge is 0.310 e. The van der Waals surface area contributed by atoms with Crippen LogP contribution in [0.25, 0.3) is 0 Å². The molecule has 0 aromatic heterocycles. The van der Waals surface area contributed by atoms with Crippen molar-refractivity contribution in [1.82, 2.24) is 15.1 Å². The molecule has 1 heterocycles. The SMILES string of the molecule is CC(C)N1CCN(Cc2ccc(CNC3CC3)cc2)CC1. The predicted molar refractivity (Wildman–Crippen MR) is 88.3 cm³/mol. The summed E-state index contributed by atoms with van der Waals surface area (Å²) >= 11 is 0. The van der Waals surface area contributed by atoms with Crippen LogP contribution in [0, 0.1) is 0 Å². The zero-order valence-electron chi connectivity index (χ0n) is 13.5. The lowest BCUT2D eigenvalue weighted by Crippen LogP contribution is -2.48. The van der Waals surface area contributed by atoms with Crippen molar-refractivity contribution in [3.63, 3.8) is 0 Å². The minimum Gasteiger partial charge on any atom is -0.310 e. The van der Waals surface area contributed by atoms with Crippen LogP contribution in [0.5, 0.6) is 0 Å². The molecule has 1 aromatic carbocycles. The molecule has 3 heteroatoms. The standard InChI is InChI=1S/C18H29N3/c1-15(2)21-11-9-20(10-12-21)14-17-5-3-16(4-6-17)13-19-18-7-8-18/h3-6,15,18-19H,7-14H2,1-2H3. The van der Waals surface area contributed by atoms with Gasteiger partial charge >= 0.3 is 0 Å². The molecule has 2 fully saturated rings. The fourth-order valence-corrected chi connectivity index (χ4v) is 3.01. The molecule has 3 rings (SSSR count). The van der Waals surface area contributed by atoms with Crippen LogP contribution in [0.15, 0.2) is 24.3 Å². The molecule has 1 aromatic rings. The molecule has 1 aliphatic carbocycles. The van der Waals surface area contributed by atoms with Crippen LogP contribution in [-0.4, -0.2) is 48.1 Å². The van der Waals surface area contributed by atoms with Gasteiger partial charge in [0.2, 0.25) is 0 Å². The Morgan fingerprint density at radius 3 is 2.19 bits per heavy atom. The highest BCUT2D eigenvalue weighted by atomic mass is 15.3. The maximum absolute atomic E-state index is 3.57. The summed E-state index contributed by atoms with van der Waals surface area (Å²) in [5.74, 6) is 0. The molecule has 1 aliphatic heterocycles. The van der Waals surface area contributed by atoms with Crippen molar-refractivity contribution in [3.05, 3.63) is 35.4 Å². The van der Waals surface area contributed by atoms with E-state index in [1.165, 1.54) is 50.1 Å². The van der Waals surface area contributed by atoms with Crippen molar-refractivity contribution in [2.75, 3.05) is 26.2 Å². The van der Waals surface area contributed by atoms with Gasteiger partial charge in [-0.2, -0.15) is 0 Å². The number of hydrogen-bond donors (Lipinski definition) is 1. The summed E-state index contributed by atoms with van der Waals surface area (Å²) in [6.07, 6.45) is 2.72. The highest BCUT2D eigenvalue weighted by Crippen LogP contribution is 2.19. The molecular formula is C18H29N3. The molecule has 1 saturated heterocycles. The molecule has 116 valence electrons. The van der Waals surface area contributed by atoms with Gasteiger partial charge in [-0.3, -0.25) is 9.80 Å². The Kier molecular flexibility index (Phi) is 4.94. The van der Waals surface area contributed by atoms with Crippen molar-refractivity contribution in [2.45, 2.75) is 51.9 Å². The van der Waals surface area contributed by atoms with E-state index in [1.807, 2.05) is 0 Å². The summed E-state index contributed by atoms with van der Waals surface area (Å²) in [6.45, 7) is 11.5. The topological polar surface area (TPSA) is 18.5 Å². The van der Waals surface area contributed by atoms with Crippen molar-refractivity contribution >= 4 is 0 Å². The monoisotopic (exact) mass is 287 g/mol. The highest BCUT2D eigenvalue weighted by molar-refractivity contribution is 5.22. The first-order valence-corrected chi connectivity index (χ1v) is 8.48. The summed E-state index contributed by atoms with van der Waals surface area (Å²) in [5, 5.41) is 3.57. The van der Waals surface area contributed by atoms with E-state index in [-0.39, 0.29) is 0 Å². The smallest absolute Gasteiger partial charge is 0.0234 e. The Bertz CT molecular complexity index is 428. The Labute approximate surface area is 129 Å². The van der Waals surface area contributed by atoms with Gasteiger partial charge in [-0.25, -0.2) is 0 Å². The fraction of sp³-hybridized carbons (Fsp3) is 0.667. The lowest BCUT2D eigenvalue weighted by molar-refractivity contribution is 0.104. The van der Waals surface area contributed by atoms with Crippen LogP contribution < -0.4 is 5.32 Å². The van der Waals surface area contributed by atoms with E-state index >= 15 is 0 Å². The number of rotatable bonds is 6. The highest BCUT2D eigenvalue weighted by Gasteiger charge is 2.20. The third-order valence-electron chi connectivity index (χ3n) is 4.74. The van der Waals surface area contributed by atoms with Crippen molar-refractivity contribution in [3.8, 4) is 0 Å². The summed E-state index contributed by atoms with van der Waals surface area (Å²) in [5.41, 5.74) is 2.86. The Morgan fingerprint density at radius 2 is 1.62 bits per heavy atom. The lowest BCUT2D eigenvalue weighted by Gasteiger charge is -2.36. The zero-order valence-corrected chi connectivity index (χ0v) is 13.5. The normalized spacial score (nSPS) is 21.1. The van der Waals surface area contributed by atoms with Crippen LogP contribution in [0.4, 0.5) is 0 Å². The van der Waals surface area contributed by atoms with Gasteiger partial charge in [0, 0.05) is 51.4 Å². The molecule has 0 bridgehead atoms. The third kappa shape index (κ3) is 4.53. The van der Waals surface area contributed by atoms with Crippen molar-refractivity contribution < 1.29 is 0 Å². The van der Waals surface area contributed by atoms with Gasteiger partial charge in [0.25, 0.3) is 0 Å². The van der Waals surface area contributed by atoms with Crippen molar-refractivity contribution in [1.29, 1.82) is 0 Å². The first-order chi connectivity index (χ1) is 10.2. The van der Waals surface area contributed by atoms with E-state index in [1.54, 1.807) is 0 Å². The van der Waals surface area contributed by atoms with E-state index in [4.69, 9.17) is 0 Å². The Hall–Kier alpha value is -0.900. The summed E-state index contributed by atoms with van der Waals surface area (Å²) < 4.78 is 0. The quantitative estimate of drug-likeness (QED) is 0.867. The van der Waals surface area contributed by atoms with Crippen LogP contribution in [-0.2, 0) is 13.1 Å². The molecule has 21 heavy (non-hydrogen) atoms. The molecule has 0 spiro atoms. The van der Waals surface area contributed by atoms with Crippen molar-refractivity contribution in [2.24, 2.45) is 0 Å². The second-order valence-corrected chi connectivity index (χ2v) is 6.88. The fourth-order valence-electron chi connectivity index (χ4n) is 3.01. The van der Waals surface area contributed by atoms with E-state index in [0.29, 0.717) is 6.04 Å². The maximum Gasteiger partial charge on any atom is 0.0234 e. The average molecular weight is 287 g/mol. The number of hydrogen-bond acceptors (Lipinski definition) is 3. The summed E-state index contributed by atoms with van der Waals surface area (Å²) in [6, 6.07) is 10.7. The minimum atomic E-state index is 0.686. The van der Waals surface area contributed by atoms with E-state index < -0.39 is 0 Å². The Morgan fingerprint density at radius 1 is 1.00 bits per heavy atom. The van der Waals surface area contributed by atoms with Crippen LogP contribution in [0.2, 0.25) is 0 Å². The number of nitrogens with one attached hydrogen (secondary N) is 1. The lowest BCUT2D eigenvalue weighted by atomic mass is 10.1. The van der Waals surface area contributed by atoms with Crippen LogP contribution in [0.3, 0.4) is 0 Å². The van der Waals surface area contributed by atoms with Crippen LogP contribution in [0.1, 0.15) is 37.8 Å². The molecular weight excluding hydrogens is 258 g/mol. The summed E-state index contributed by atoms with van der Waals surface area (Å²) in [4.78, 5) is 5.15. The number of nitrogens with zero attached hydrogens (tertiary/aromatic N) is 2. The number of benzene rings is 1. The summed E-state index contributed by atoms with van der Waals surface area (Å²) in [7, 11) is 0. The Balaban J connectivity index is 1.44. The van der Waals surface area contributed by atoms with E-state index in [2.05, 4.69) is 53.2 Å². The van der Waals surface area contributed by atoms with Gasteiger partial charge in [-0.05, 0) is 37.8 Å². The molecule has 0 unspecified atom stereocenters. The van der Waals surface area contributed by atoms with Gasteiger partial charge in [0.15, 0.2) is 0 Å². The number of piperazine rings is 1. The first-order valence-electron chi connectivity index (χ1n) is 8.48. The molecule has 1 saturated carbocycles. The van der Waals surface area contributed by atoms with Gasteiger partial charge in [0.05, 0.1) is 0 Å². The maximum atomic E-state index is 3.57. The molecule has 2 aliphatic rings. The average Bonchev–Trinajstić information content (AvgIpc) is 3.31. The molecule has 0 radical (unpaired) electrons. The van der Waals surface area contributed by atoms with E-state index in [9.17, 15) is 0 Å². The molecule has 3 nitrogen and oxygen atoms in total. The zero-order chi connectivity index (χ0) is 14.7. The minimum absolute atomic E-state index is 0.686. The van der Waals surface area contributed by atoms with Gasteiger partial charge < -0.3 is 5.32 Å². The third-order valence-corrected chi connectivity index (χ3v) is 4.74. The molecule has 0 amide bonds. The predicted octanol–water partition coefficient (Wildman–Crippen LogP) is 2.46. The van der Waals surface area contributed by atoms with Gasteiger partial charge in [0.1, 0.15) is 0 Å². The van der Waals surface area contributed by atoms with Gasteiger partial charge in [-0.15, -0.1) is 0 Å². The van der Waals surface area contributed by atoms with Crippen LogP contribution >= 0.6 is 0 Å². The second-order valence-electron chi connectivity index (χ2n) is 6.88. The first kappa shape index (κ1) is 15.0. The molecule has 0 atom stereocenters. The second kappa shape index (κ2) is 6.91. The molecule has 1 N–H and O–H groups in total.